The molecule has 2 aromatic heterocycles. The van der Waals surface area contributed by atoms with Gasteiger partial charge in [0, 0.05) is 19.3 Å². The molecule has 1 N–H and O–H groups in total. The molecule has 1 saturated heterocycles. The van der Waals surface area contributed by atoms with Crippen LogP contribution in [0.1, 0.15) is 18.4 Å². The van der Waals surface area contributed by atoms with Crippen LogP contribution in [0.5, 0.6) is 0 Å². The molecule has 0 saturated carbocycles. The number of benzene rings is 1. The topological polar surface area (TPSA) is 101 Å². The van der Waals surface area contributed by atoms with Crippen LogP contribution in [0, 0.1) is 6.92 Å². The number of pyridine rings is 1. The fraction of sp³-hybridized carbons (Fsp3) is 0.316. The molecule has 1 fully saturated rings. The van der Waals surface area contributed by atoms with Crippen molar-refractivity contribution in [3.63, 3.8) is 0 Å². The van der Waals surface area contributed by atoms with E-state index in [2.05, 4.69) is 10.3 Å². The fourth-order valence-electron chi connectivity index (χ4n) is 3.30. The van der Waals surface area contributed by atoms with E-state index in [0.717, 1.165) is 29.7 Å². The second kappa shape index (κ2) is 7.69. The second-order valence-corrected chi connectivity index (χ2v) is 9.89. The molecular formula is C19H20N4O4S2. The first-order valence-corrected chi connectivity index (χ1v) is 11.5. The number of hydrogen-bond acceptors (Lipinski definition) is 6. The van der Waals surface area contributed by atoms with Crippen molar-refractivity contribution in [1.29, 1.82) is 0 Å². The Morgan fingerprint density at radius 2 is 1.97 bits per heavy atom. The molecular weight excluding hydrogens is 412 g/mol. The molecule has 0 unspecified atom stereocenters. The van der Waals surface area contributed by atoms with Gasteiger partial charge in [-0.1, -0.05) is 17.4 Å². The lowest BCUT2D eigenvalue weighted by molar-refractivity contribution is -0.116. The molecule has 8 nitrogen and oxygen atoms in total. The Kier molecular flexibility index (Phi) is 5.24. The van der Waals surface area contributed by atoms with Crippen molar-refractivity contribution in [3.8, 4) is 0 Å². The summed E-state index contributed by atoms with van der Waals surface area (Å²) in [6.07, 6.45) is 3.36. The highest BCUT2D eigenvalue weighted by Crippen LogP contribution is 2.26. The Hall–Kier alpha value is -2.56. The Labute approximate surface area is 171 Å². The summed E-state index contributed by atoms with van der Waals surface area (Å²) in [6, 6.07) is 8.13. The number of aryl methyl sites for hydroxylation is 1. The summed E-state index contributed by atoms with van der Waals surface area (Å²) < 4.78 is 28.8. The number of fused-ring (bicyclic) bond motifs is 1. The Bertz CT molecular complexity index is 1220. The smallest absolute Gasteiger partial charge is 0.308 e. The van der Waals surface area contributed by atoms with Gasteiger partial charge in [-0.25, -0.2) is 13.4 Å². The molecule has 0 atom stereocenters. The molecule has 0 aliphatic carbocycles. The number of anilines is 1. The van der Waals surface area contributed by atoms with E-state index >= 15 is 0 Å². The minimum atomic E-state index is -3.56. The van der Waals surface area contributed by atoms with E-state index in [1.807, 2.05) is 13.0 Å². The standard InChI is InChI=1S/C19H20N4O4S2/c1-13-4-7-17(20-11-13)21-18(24)12-23-15-6-5-14(10-16(15)28-19(23)25)29(26,27)22-8-2-3-9-22/h4-7,10-11H,2-3,8-9,12H2,1H3,(H,20,21,24). The number of sulfonamides is 1. The highest BCUT2D eigenvalue weighted by Gasteiger charge is 2.27. The van der Waals surface area contributed by atoms with Gasteiger partial charge < -0.3 is 5.32 Å². The Morgan fingerprint density at radius 1 is 1.21 bits per heavy atom. The molecule has 1 aromatic carbocycles. The quantitative estimate of drug-likeness (QED) is 0.666. The van der Waals surface area contributed by atoms with Crippen LogP contribution in [0.25, 0.3) is 10.2 Å². The highest BCUT2D eigenvalue weighted by atomic mass is 32.2. The van der Waals surface area contributed by atoms with Crippen LogP contribution in [-0.4, -0.2) is 41.3 Å². The SMILES string of the molecule is Cc1ccc(NC(=O)Cn2c(=O)sc3cc(S(=O)(=O)N4CCCC4)ccc32)nc1. The number of thiazole rings is 1. The van der Waals surface area contributed by atoms with E-state index in [1.54, 1.807) is 18.3 Å². The second-order valence-electron chi connectivity index (χ2n) is 6.96. The maximum absolute atomic E-state index is 12.7. The van der Waals surface area contributed by atoms with Crippen molar-refractivity contribution in [2.45, 2.75) is 31.2 Å². The lowest BCUT2D eigenvalue weighted by atomic mass is 10.3. The Morgan fingerprint density at radius 3 is 2.66 bits per heavy atom. The maximum Gasteiger partial charge on any atom is 0.308 e. The van der Waals surface area contributed by atoms with Crippen molar-refractivity contribution in [3.05, 3.63) is 51.8 Å². The number of rotatable bonds is 5. The van der Waals surface area contributed by atoms with Crippen molar-refractivity contribution < 1.29 is 13.2 Å². The van der Waals surface area contributed by atoms with E-state index < -0.39 is 10.0 Å². The van der Waals surface area contributed by atoms with Gasteiger partial charge >= 0.3 is 4.87 Å². The van der Waals surface area contributed by atoms with Gasteiger partial charge in [0.1, 0.15) is 12.4 Å². The molecule has 1 aliphatic heterocycles. The van der Waals surface area contributed by atoms with Gasteiger partial charge in [-0.05, 0) is 49.6 Å². The summed E-state index contributed by atoms with van der Waals surface area (Å²) in [5.74, 6) is 0.0316. The summed E-state index contributed by atoms with van der Waals surface area (Å²) in [5.41, 5.74) is 1.51. The predicted octanol–water partition coefficient (Wildman–Crippen LogP) is 2.19. The number of amides is 1. The third-order valence-electron chi connectivity index (χ3n) is 4.82. The lowest BCUT2D eigenvalue weighted by Crippen LogP contribution is -2.27. The molecule has 0 spiro atoms. The number of hydrogen-bond donors (Lipinski definition) is 1. The number of aromatic nitrogens is 2. The number of nitrogens with one attached hydrogen (secondary N) is 1. The van der Waals surface area contributed by atoms with Crippen LogP contribution in [0.4, 0.5) is 5.82 Å². The molecule has 0 radical (unpaired) electrons. The van der Waals surface area contributed by atoms with E-state index in [0.29, 0.717) is 29.1 Å². The van der Waals surface area contributed by atoms with Crippen LogP contribution in [-0.2, 0) is 21.4 Å². The molecule has 3 heterocycles. The monoisotopic (exact) mass is 432 g/mol. The maximum atomic E-state index is 12.7. The van der Waals surface area contributed by atoms with Crippen LogP contribution in [0.2, 0.25) is 0 Å². The van der Waals surface area contributed by atoms with E-state index in [-0.39, 0.29) is 22.2 Å². The highest BCUT2D eigenvalue weighted by molar-refractivity contribution is 7.89. The summed E-state index contributed by atoms with van der Waals surface area (Å²) in [6.45, 7) is 2.76. The molecule has 152 valence electrons. The molecule has 29 heavy (non-hydrogen) atoms. The number of nitrogens with zero attached hydrogens (tertiary/aromatic N) is 3. The van der Waals surface area contributed by atoms with Crippen LogP contribution in [0.15, 0.2) is 46.2 Å². The first-order valence-electron chi connectivity index (χ1n) is 9.21. The predicted molar refractivity (Wildman–Crippen MR) is 112 cm³/mol. The van der Waals surface area contributed by atoms with Gasteiger partial charge in [0.2, 0.25) is 15.9 Å². The first kappa shape index (κ1) is 19.7. The third-order valence-corrected chi connectivity index (χ3v) is 7.66. The minimum absolute atomic E-state index is 0.174. The molecule has 1 aliphatic rings. The van der Waals surface area contributed by atoms with Crippen LogP contribution in [0.3, 0.4) is 0 Å². The van der Waals surface area contributed by atoms with Crippen molar-refractivity contribution in [2.24, 2.45) is 0 Å². The van der Waals surface area contributed by atoms with Gasteiger partial charge in [-0.2, -0.15) is 4.31 Å². The van der Waals surface area contributed by atoms with E-state index in [4.69, 9.17) is 0 Å². The number of carbonyl (C=O) groups excluding carboxylic acids is 1. The van der Waals surface area contributed by atoms with Crippen molar-refractivity contribution >= 4 is 43.3 Å². The van der Waals surface area contributed by atoms with Crippen LogP contribution >= 0.6 is 11.3 Å². The zero-order valence-corrected chi connectivity index (χ0v) is 17.4. The van der Waals surface area contributed by atoms with Crippen molar-refractivity contribution in [1.82, 2.24) is 13.9 Å². The molecule has 1 amide bonds. The molecule has 0 bridgehead atoms. The summed E-state index contributed by atoms with van der Waals surface area (Å²) in [4.78, 5) is 28.7. The van der Waals surface area contributed by atoms with E-state index in [9.17, 15) is 18.0 Å². The van der Waals surface area contributed by atoms with Crippen molar-refractivity contribution in [2.75, 3.05) is 18.4 Å². The molecule has 4 rings (SSSR count). The zero-order valence-electron chi connectivity index (χ0n) is 15.8. The van der Waals surface area contributed by atoms with Gasteiger partial charge in [-0.3, -0.25) is 14.2 Å². The van der Waals surface area contributed by atoms with E-state index in [1.165, 1.54) is 21.0 Å². The third kappa shape index (κ3) is 3.96. The molecule has 10 heteroatoms. The van der Waals surface area contributed by atoms with Gasteiger partial charge in [0.25, 0.3) is 0 Å². The minimum Gasteiger partial charge on any atom is -0.309 e. The van der Waals surface area contributed by atoms with Gasteiger partial charge in [-0.15, -0.1) is 0 Å². The average Bonchev–Trinajstić information content (AvgIpc) is 3.32. The first-order chi connectivity index (χ1) is 13.8. The zero-order chi connectivity index (χ0) is 20.6. The fourth-order valence-corrected chi connectivity index (χ4v) is 5.85. The molecule has 3 aromatic rings. The lowest BCUT2D eigenvalue weighted by Gasteiger charge is -2.15. The van der Waals surface area contributed by atoms with Gasteiger partial charge in [0.05, 0.1) is 15.1 Å². The average molecular weight is 433 g/mol. The summed E-state index contributed by atoms with van der Waals surface area (Å²) in [7, 11) is -3.56. The normalized spacial score (nSPS) is 15.1. The number of carbonyl (C=O) groups is 1. The summed E-state index contributed by atoms with van der Waals surface area (Å²) in [5, 5.41) is 2.66. The van der Waals surface area contributed by atoms with Crippen LogP contribution < -0.4 is 10.2 Å². The Balaban J connectivity index is 1.59. The largest absolute Gasteiger partial charge is 0.309 e. The van der Waals surface area contributed by atoms with Gasteiger partial charge in [0.15, 0.2) is 0 Å². The summed E-state index contributed by atoms with van der Waals surface area (Å²) >= 11 is 0.931.